The van der Waals surface area contributed by atoms with E-state index in [0.717, 1.165) is 17.5 Å². The third-order valence-corrected chi connectivity index (χ3v) is 7.82. The van der Waals surface area contributed by atoms with E-state index in [1.807, 2.05) is 32.0 Å². The molecule has 31 heavy (non-hydrogen) atoms. The van der Waals surface area contributed by atoms with E-state index in [2.05, 4.69) is 17.5 Å². The maximum atomic E-state index is 13.5. The second-order valence-corrected chi connectivity index (χ2v) is 9.44. The number of rotatable bonds is 3. The van der Waals surface area contributed by atoms with Crippen molar-refractivity contribution in [3.63, 3.8) is 0 Å². The van der Waals surface area contributed by atoms with Crippen LogP contribution >= 0.6 is 0 Å². The molecular weight excluding hydrogens is 388 g/mol. The van der Waals surface area contributed by atoms with E-state index in [9.17, 15) is 14.4 Å². The quantitative estimate of drug-likeness (QED) is 0.609. The molecule has 0 radical (unpaired) electrons. The number of nitrogens with one attached hydrogen (secondary N) is 1. The second kappa shape index (κ2) is 6.39. The number of amides is 3. The Morgan fingerprint density at radius 3 is 2.19 bits per heavy atom. The van der Waals surface area contributed by atoms with E-state index in [-0.39, 0.29) is 41.4 Å². The highest BCUT2D eigenvalue weighted by atomic mass is 16.2. The number of benzene rings is 2. The topological polar surface area (TPSA) is 66.5 Å². The summed E-state index contributed by atoms with van der Waals surface area (Å²) >= 11 is 0. The molecule has 3 fully saturated rings. The summed E-state index contributed by atoms with van der Waals surface area (Å²) < 4.78 is 0. The molecule has 0 unspecified atom stereocenters. The lowest BCUT2D eigenvalue weighted by molar-refractivity contribution is -0.124. The monoisotopic (exact) mass is 412 g/mol. The highest BCUT2D eigenvalue weighted by Gasteiger charge is 2.67. The van der Waals surface area contributed by atoms with Crippen LogP contribution in [0.15, 0.2) is 54.6 Å². The fraction of sp³-hybridized carbons (Fsp3) is 0.346. The minimum atomic E-state index is -0.321. The first kappa shape index (κ1) is 18.6. The summed E-state index contributed by atoms with van der Waals surface area (Å²) in [5.41, 5.74) is 3.66. The summed E-state index contributed by atoms with van der Waals surface area (Å²) in [6, 6.07) is 12.7. The highest BCUT2D eigenvalue weighted by molar-refractivity contribution is 6.25. The Labute approximate surface area is 181 Å². The van der Waals surface area contributed by atoms with Crippen LogP contribution in [-0.4, -0.2) is 17.7 Å². The van der Waals surface area contributed by atoms with Gasteiger partial charge in [0.05, 0.1) is 23.1 Å². The van der Waals surface area contributed by atoms with Gasteiger partial charge in [0.2, 0.25) is 11.8 Å². The zero-order valence-electron chi connectivity index (χ0n) is 17.5. The zero-order chi connectivity index (χ0) is 21.4. The van der Waals surface area contributed by atoms with Gasteiger partial charge in [0.1, 0.15) is 0 Å². The molecule has 1 N–H and O–H groups in total. The van der Waals surface area contributed by atoms with Crippen LogP contribution in [0.3, 0.4) is 0 Å². The van der Waals surface area contributed by atoms with Crippen molar-refractivity contribution in [3.8, 4) is 0 Å². The fourth-order valence-electron chi connectivity index (χ4n) is 6.07. The van der Waals surface area contributed by atoms with E-state index in [0.29, 0.717) is 28.8 Å². The lowest BCUT2D eigenvalue weighted by atomic mass is 9.63. The lowest BCUT2D eigenvalue weighted by Crippen LogP contribution is -2.40. The van der Waals surface area contributed by atoms with Crippen molar-refractivity contribution in [1.82, 2.24) is 0 Å². The molecule has 1 heterocycles. The van der Waals surface area contributed by atoms with Gasteiger partial charge >= 0.3 is 0 Å². The van der Waals surface area contributed by atoms with E-state index in [4.69, 9.17) is 0 Å². The molecule has 2 aromatic rings. The number of allylic oxidation sites excluding steroid dienone is 2. The molecule has 0 aromatic heterocycles. The molecule has 2 bridgehead atoms. The Kier molecular flexibility index (Phi) is 3.83. The van der Waals surface area contributed by atoms with Gasteiger partial charge in [-0.15, -0.1) is 0 Å². The third kappa shape index (κ3) is 2.59. The number of anilines is 2. The number of carbonyl (C=O) groups is 3. The summed E-state index contributed by atoms with van der Waals surface area (Å²) in [5, 5.41) is 2.93. The molecular formula is C26H24N2O3. The second-order valence-electron chi connectivity index (χ2n) is 9.44. The van der Waals surface area contributed by atoms with Crippen molar-refractivity contribution >= 4 is 29.1 Å². The smallest absolute Gasteiger partial charge is 0.257 e. The van der Waals surface area contributed by atoms with Crippen LogP contribution in [0, 0.1) is 49.4 Å². The van der Waals surface area contributed by atoms with Gasteiger partial charge in [-0.2, -0.15) is 0 Å². The molecule has 5 aliphatic rings. The highest BCUT2D eigenvalue weighted by Crippen LogP contribution is 2.65. The van der Waals surface area contributed by atoms with Gasteiger partial charge in [0.25, 0.3) is 5.91 Å². The number of imide groups is 1. The van der Waals surface area contributed by atoms with E-state index >= 15 is 0 Å². The van der Waals surface area contributed by atoms with Crippen LogP contribution in [0.2, 0.25) is 0 Å². The first-order valence-corrected chi connectivity index (χ1v) is 11.0. The molecule has 156 valence electrons. The minimum Gasteiger partial charge on any atom is -0.322 e. The van der Waals surface area contributed by atoms with E-state index < -0.39 is 0 Å². The molecule has 6 atom stereocenters. The van der Waals surface area contributed by atoms with Crippen LogP contribution in [0.25, 0.3) is 0 Å². The van der Waals surface area contributed by atoms with Crippen molar-refractivity contribution in [2.75, 3.05) is 10.2 Å². The molecule has 4 aliphatic carbocycles. The number of hydrogen-bond donors (Lipinski definition) is 1. The SMILES string of the molecule is Cc1ccc(NC(=O)c2ccccc2N2C(=O)[C@@H]3[C@H]4C=C[C@@H]([C@@H]5C[C@@H]45)[C@@H]3C2=O)cc1C. The Hall–Kier alpha value is -3.21. The molecule has 0 spiro atoms. The van der Waals surface area contributed by atoms with Gasteiger partial charge in [0.15, 0.2) is 0 Å². The van der Waals surface area contributed by atoms with Gasteiger partial charge in [-0.05, 0) is 79.3 Å². The molecule has 5 nitrogen and oxygen atoms in total. The third-order valence-electron chi connectivity index (χ3n) is 7.82. The Bertz CT molecular complexity index is 1150. The van der Waals surface area contributed by atoms with Crippen LogP contribution in [0.5, 0.6) is 0 Å². The van der Waals surface area contributed by atoms with E-state index in [1.54, 1.807) is 24.3 Å². The predicted molar refractivity (Wildman–Crippen MR) is 118 cm³/mol. The first-order valence-electron chi connectivity index (χ1n) is 11.0. The maximum absolute atomic E-state index is 13.5. The summed E-state index contributed by atoms with van der Waals surface area (Å²) in [5.74, 6) is 0.267. The zero-order valence-corrected chi connectivity index (χ0v) is 17.5. The number of para-hydroxylation sites is 1. The molecule has 3 amide bonds. The fourth-order valence-corrected chi connectivity index (χ4v) is 6.07. The number of hydrogen-bond acceptors (Lipinski definition) is 3. The number of aryl methyl sites for hydroxylation is 2. The molecule has 2 saturated carbocycles. The van der Waals surface area contributed by atoms with Crippen molar-refractivity contribution < 1.29 is 14.4 Å². The summed E-state index contributed by atoms with van der Waals surface area (Å²) in [7, 11) is 0. The standard InChI is InChI=1S/C26H24N2O3/c1-13-7-8-15(11-14(13)2)27-24(29)18-5-3-4-6-21(18)28-25(30)22-16-9-10-17(20-12-19(16)20)23(22)26(28)31/h3-11,16-17,19-20,22-23H,12H2,1-2H3,(H,27,29)/t16-,17-,19-,20-,22-,23+/m0/s1. The maximum Gasteiger partial charge on any atom is 0.257 e. The molecule has 7 rings (SSSR count). The lowest BCUT2D eigenvalue weighted by Gasteiger charge is -2.37. The number of carbonyl (C=O) groups excluding carboxylic acids is 3. The first-order chi connectivity index (χ1) is 15.0. The van der Waals surface area contributed by atoms with Gasteiger partial charge in [-0.3, -0.25) is 14.4 Å². The predicted octanol–water partition coefficient (Wildman–Crippen LogP) is 4.11. The minimum absolute atomic E-state index is 0.147. The van der Waals surface area contributed by atoms with Crippen LogP contribution in [0.1, 0.15) is 27.9 Å². The molecule has 1 saturated heterocycles. The van der Waals surface area contributed by atoms with Crippen molar-refractivity contribution in [1.29, 1.82) is 0 Å². The Morgan fingerprint density at radius 2 is 1.55 bits per heavy atom. The largest absolute Gasteiger partial charge is 0.322 e. The normalized spacial score (nSPS) is 32.1. The van der Waals surface area contributed by atoms with Gasteiger partial charge in [-0.1, -0.05) is 30.4 Å². The van der Waals surface area contributed by atoms with Gasteiger partial charge < -0.3 is 5.32 Å². The van der Waals surface area contributed by atoms with Crippen molar-refractivity contribution in [2.24, 2.45) is 35.5 Å². The Balaban J connectivity index is 1.34. The Morgan fingerprint density at radius 1 is 0.903 bits per heavy atom. The average molecular weight is 412 g/mol. The molecule has 2 aromatic carbocycles. The van der Waals surface area contributed by atoms with Crippen LogP contribution < -0.4 is 10.2 Å². The molecule has 1 aliphatic heterocycles. The summed E-state index contributed by atoms with van der Waals surface area (Å²) in [6.07, 6.45) is 5.45. The van der Waals surface area contributed by atoms with E-state index in [1.165, 1.54) is 4.90 Å². The van der Waals surface area contributed by atoms with Gasteiger partial charge in [-0.25, -0.2) is 4.90 Å². The van der Waals surface area contributed by atoms with Crippen LogP contribution in [0.4, 0.5) is 11.4 Å². The van der Waals surface area contributed by atoms with Gasteiger partial charge in [0, 0.05) is 5.69 Å². The van der Waals surface area contributed by atoms with Crippen LogP contribution in [-0.2, 0) is 9.59 Å². The summed E-state index contributed by atoms with van der Waals surface area (Å²) in [6.45, 7) is 4.02. The summed E-state index contributed by atoms with van der Waals surface area (Å²) in [4.78, 5) is 41.4. The average Bonchev–Trinajstić information content (AvgIpc) is 3.54. The van der Waals surface area contributed by atoms with Crippen molar-refractivity contribution in [2.45, 2.75) is 20.3 Å². The number of nitrogens with zero attached hydrogens (tertiary/aromatic N) is 1. The van der Waals surface area contributed by atoms with Crippen molar-refractivity contribution in [3.05, 3.63) is 71.3 Å². The molecule has 5 heteroatoms.